The van der Waals surface area contributed by atoms with Gasteiger partial charge in [-0.3, -0.25) is 4.79 Å². The van der Waals surface area contributed by atoms with E-state index in [2.05, 4.69) is 15.9 Å². The molecular formula is C9H7BrClNO. The van der Waals surface area contributed by atoms with Crippen molar-refractivity contribution >= 4 is 33.4 Å². The number of rotatable bonds is 1. The predicted octanol–water partition coefficient (Wildman–Crippen LogP) is 2.56. The molecule has 0 radical (unpaired) electrons. The molecule has 0 aromatic heterocycles. The van der Waals surface area contributed by atoms with Gasteiger partial charge in [0.1, 0.15) is 0 Å². The van der Waals surface area contributed by atoms with Gasteiger partial charge in [0.2, 0.25) is 0 Å². The van der Waals surface area contributed by atoms with Gasteiger partial charge in [-0.2, -0.15) is 0 Å². The fraction of sp³-hybridized carbons (Fsp3) is 0.222. The predicted molar refractivity (Wildman–Crippen MR) is 55.1 cm³/mol. The van der Waals surface area contributed by atoms with Gasteiger partial charge in [0.25, 0.3) is 5.91 Å². The lowest BCUT2D eigenvalue weighted by atomic mass is 10.2. The van der Waals surface area contributed by atoms with Crippen molar-refractivity contribution in [2.75, 3.05) is 13.1 Å². The highest BCUT2D eigenvalue weighted by Crippen LogP contribution is 2.24. The van der Waals surface area contributed by atoms with Gasteiger partial charge in [0.05, 0.1) is 5.02 Å². The molecule has 1 aliphatic rings. The third-order valence-electron chi connectivity index (χ3n) is 1.90. The summed E-state index contributed by atoms with van der Waals surface area (Å²) >= 11 is 9.14. The van der Waals surface area contributed by atoms with E-state index in [9.17, 15) is 4.79 Å². The summed E-state index contributed by atoms with van der Waals surface area (Å²) in [5.41, 5.74) is 0.658. The highest BCUT2D eigenvalue weighted by Gasteiger charge is 2.25. The Morgan fingerprint density at radius 1 is 1.46 bits per heavy atom. The van der Waals surface area contributed by atoms with E-state index in [4.69, 9.17) is 11.6 Å². The lowest BCUT2D eigenvalue weighted by Crippen LogP contribution is -2.10. The first-order chi connectivity index (χ1) is 6.18. The summed E-state index contributed by atoms with van der Waals surface area (Å²) in [5.74, 6) is 0.0643. The first-order valence-electron chi connectivity index (χ1n) is 3.93. The van der Waals surface area contributed by atoms with Crippen molar-refractivity contribution in [3.8, 4) is 0 Å². The second-order valence-corrected chi connectivity index (χ2v) is 4.18. The summed E-state index contributed by atoms with van der Waals surface area (Å²) in [6.45, 7) is 1.74. The molecule has 0 aliphatic carbocycles. The lowest BCUT2D eigenvalue weighted by molar-refractivity contribution is 0.0885. The lowest BCUT2D eigenvalue weighted by Gasteiger charge is -2.02. The van der Waals surface area contributed by atoms with Crippen molar-refractivity contribution < 1.29 is 4.79 Å². The van der Waals surface area contributed by atoms with Crippen LogP contribution in [-0.2, 0) is 0 Å². The number of halogens is 2. The molecule has 0 N–H and O–H groups in total. The van der Waals surface area contributed by atoms with E-state index in [0.717, 1.165) is 17.6 Å². The first-order valence-corrected chi connectivity index (χ1v) is 5.10. The number of carbonyl (C=O) groups excluding carboxylic acids is 1. The van der Waals surface area contributed by atoms with Gasteiger partial charge in [-0.1, -0.05) is 11.6 Å². The van der Waals surface area contributed by atoms with Crippen LogP contribution in [0, 0.1) is 0 Å². The maximum atomic E-state index is 11.5. The van der Waals surface area contributed by atoms with E-state index in [-0.39, 0.29) is 5.91 Å². The van der Waals surface area contributed by atoms with Crippen LogP contribution >= 0.6 is 27.5 Å². The van der Waals surface area contributed by atoms with Gasteiger partial charge >= 0.3 is 0 Å². The van der Waals surface area contributed by atoms with Gasteiger partial charge < -0.3 is 4.90 Å². The molecule has 13 heavy (non-hydrogen) atoms. The number of hydrogen-bond acceptors (Lipinski definition) is 1. The van der Waals surface area contributed by atoms with Crippen molar-refractivity contribution in [2.24, 2.45) is 0 Å². The van der Waals surface area contributed by atoms with E-state index in [0.29, 0.717) is 10.6 Å². The van der Waals surface area contributed by atoms with Crippen LogP contribution in [0.25, 0.3) is 0 Å². The number of amides is 1. The topological polar surface area (TPSA) is 20.1 Å². The van der Waals surface area contributed by atoms with E-state index in [1.807, 2.05) is 0 Å². The van der Waals surface area contributed by atoms with Crippen LogP contribution in [0.15, 0.2) is 22.7 Å². The number of benzene rings is 1. The van der Waals surface area contributed by atoms with Crippen molar-refractivity contribution in [1.82, 2.24) is 4.90 Å². The molecule has 1 amide bonds. The van der Waals surface area contributed by atoms with Crippen molar-refractivity contribution in [3.05, 3.63) is 33.3 Å². The fourth-order valence-electron chi connectivity index (χ4n) is 1.06. The largest absolute Gasteiger partial charge is 0.335 e. The maximum Gasteiger partial charge on any atom is 0.254 e. The fourth-order valence-corrected chi connectivity index (χ4v) is 1.49. The highest BCUT2D eigenvalue weighted by atomic mass is 79.9. The smallest absolute Gasteiger partial charge is 0.254 e. The Hall–Kier alpha value is -0.540. The van der Waals surface area contributed by atoms with Crippen LogP contribution in [-0.4, -0.2) is 23.9 Å². The molecule has 1 aliphatic heterocycles. The summed E-state index contributed by atoms with van der Waals surface area (Å²) < 4.78 is 0.816. The number of nitrogens with zero attached hydrogens (tertiary/aromatic N) is 1. The molecule has 0 saturated carbocycles. The summed E-state index contributed by atoms with van der Waals surface area (Å²) in [5, 5.41) is 0.577. The summed E-state index contributed by atoms with van der Waals surface area (Å²) in [7, 11) is 0. The van der Waals surface area contributed by atoms with Crippen LogP contribution in [0.2, 0.25) is 5.02 Å². The summed E-state index contributed by atoms with van der Waals surface area (Å²) in [4.78, 5) is 13.3. The Labute approximate surface area is 89.6 Å². The molecule has 1 aromatic rings. The minimum absolute atomic E-state index is 0.0643. The Bertz CT molecular complexity index is 363. The van der Waals surface area contributed by atoms with Crippen LogP contribution in [0.5, 0.6) is 0 Å². The second-order valence-electron chi connectivity index (χ2n) is 2.92. The van der Waals surface area contributed by atoms with E-state index in [1.165, 1.54) is 0 Å². The Kier molecular flexibility index (Phi) is 2.30. The second kappa shape index (κ2) is 3.31. The van der Waals surface area contributed by atoms with E-state index >= 15 is 0 Å². The van der Waals surface area contributed by atoms with Gasteiger partial charge in [-0.15, -0.1) is 0 Å². The van der Waals surface area contributed by atoms with Crippen LogP contribution in [0.3, 0.4) is 0 Å². The van der Waals surface area contributed by atoms with E-state index in [1.54, 1.807) is 23.1 Å². The zero-order valence-corrected chi connectivity index (χ0v) is 9.10. The molecule has 2 rings (SSSR count). The Balaban J connectivity index is 2.30. The first kappa shape index (κ1) is 9.03. The summed E-state index contributed by atoms with van der Waals surface area (Å²) in [6.07, 6.45) is 0. The standard InChI is InChI=1S/C9H7BrClNO/c10-7-2-1-6(5-8(7)11)9(13)12-3-4-12/h1-2,5H,3-4H2. The van der Waals surface area contributed by atoms with Crippen LogP contribution < -0.4 is 0 Å². The van der Waals surface area contributed by atoms with Crippen molar-refractivity contribution in [3.63, 3.8) is 0 Å². The zero-order valence-electron chi connectivity index (χ0n) is 6.76. The van der Waals surface area contributed by atoms with Gasteiger partial charge in [0.15, 0.2) is 0 Å². The van der Waals surface area contributed by atoms with Crippen LogP contribution in [0.4, 0.5) is 0 Å². The highest BCUT2D eigenvalue weighted by molar-refractivity contribution is 9.10. The molecular weight excluding hydrogens is 253 g/mol. The van der Waals surface area contributed by atoms with Crippen molar-refractivity contribution in [2.45, 2.75) is 0 Å². The summed E-state index contributed by atoms with van der Waals surface area (Å²) in [6, 6.07) is 5.25. The maximum absolute atomic E-state index is 11.5. The average molecular weight is 261 g/mol. The number of carbonyl (C=O) groups is 1. The van der Waals surface area contributed by atoms with Crippen LogP contribution in [0.1, 0.15) is 10.4 Å². The molecule has 0 bridgehead atoms. The van der Waals surface area contributed by atoms with Gasteiger partial charge in [-0.05, 0) is 34.1 Å². The van der Waals surface area contributed by atoms with E-state index < -0.39 is 0 Å². The van der Waals surface area contributed by atoms with Crippen molar-refractivity contribution in [1.29, 1.82) is 0 Å². The Morgan fingerprint density at radius 3 is 2.69 bits per heavy atom. The molecule has 1 aromatic carbocycles. The molecule has 2 nitrogen and oxygen atoms in total. The molecule has 0 spiro atoms. The molecule has 4 heteroatoms. The molecule has 1 fully saturated rings. The normalized spacial score (nSPS) is 14.5. The van der Waals surface area contributed by atoms with Gasteiger partial charge in [0, 0.05) is 23.1 Å². The molecule has 0 unspecified atom stereocenters. The molecule has 0 atom stereocenters. The molecule has 1 heterocycles. The average Bonchev–Trinajstić information content (AvgIpc) is 2.91. The SMILES string of the molecule is O=C(c1ccc(Br)c(Cl)c1)N1CC1. The Morgan fingerprint density at radius 2 is 2.15 bits per heavy atom. The molecule has 68 valence electrons. The number of hydrogen-bond donors (Lipinski definition) is 0. The molecule has 1 saturated heterocycles. The monoisotopic (exact) mass is 259 g/mol. The quantitative estimate of drug-likeness (QED) is 0.711. The minimum atomic E-state index is 0.0643. The zero-order chi connectivity index (χ0) is 9.42. The van der Waals surface area contributed by atoms with Gasteiger partial charge in [-0.25, -0.2) is 0 Å². The third-order valence-corrected chi connectivity index (χ3v) is 3.13. The minimum Gasteiger partial charge on any atom is -0.335 e. The third kappa shape index (κ3) is 1.86.